The lowest BCUT2D eigenvalue weighted by molar-refractivity contribution is -0.0430. The van der Waals surface area contributed by atoms with E-state index in [9.17, 15) is 4.39 Å². The van der Waals surface area contributed by atoms with E-state index < -0.39 is 6.17 Å². The van der Waals surface area contributed by atoms with Crippen LogP contribution in [0, 0.1) is 5.41 Å². The molecule has 0 amide bonds. The molecule has 1 aromatic rings. The standard InChI is InChI=1S/C32H57FO2/c1-29(33)22-18-15-13-11-9-7-5-6-8-10-12-14-16-21-25-34-28-31(26-32(2,3)4)35-27-30-23-19-17-20-24-30/h17,19-20,23-24,29,31H,5-16,18,21-22,25-28H2,1-4H3. The van der Waals surface area contributed by atoms with Gasteiger partial charge in [-0.15, -0.1) is 0 Å². The van der Waals surface area contributed by atoms with Crippen molar-refractivity contribution in [2.45, 2.75) is 149 Å². The molecule has 35 heavy (non-hydrogen) atoms. The van der Waals surface area contributed by atoms with E-state index in [1.165, 1.54) is 82.6 Å². The van der Waals surface area contributed by atoms with Gasteiger partial charge in [-0.25, -0.2) is 4.39 Å². The van der Waals surface area contributed by atoms with Gasteiger partial charge in [-0.3, -0.25) is 0 Å². The summed E-state index contributed by atoms with van der Waals surface area (Å²) in [6, 6.07) is 10.4. The number of rotatable bonds is 23. The highest BCUT2D eigenvalue weighted by molar-refractivity contribution is 5.13. The minimum absolute atomic E-state index is 0.153. The second kappa shape index (κ2) is 21.2. The molecule has 0 N–H and O–H groups in total. The molecular weight excluding hydrogens is 435 g/mol. The first-order chi connectivity index (χ1) is 16.9. The average Bonchev–Trinajstić information content (AvgIpc) is 2.81. The first-order valence-corrected chi connectivity index (χ1v) is 14.7. The third-order valence-corrected chi connectivity index (χ3v) is 6.61. The van der Waals surface area contributed by atoms with Gasteiger partial charge in [-0.1, -0.05) is 135 Å². The normalized spacial score (nSPS) is 13.7. The quantitative estimate of drug-likeness (QED) is 0.141. The highest BCUT2D eigenvalue weighted by Gasteiger charge is 2.19. The van der Waals surface area contributed by atoms with Gasteiger partial charge in [-0.05, 0) is 37.2 Å². The number of hydrogen-bond acceptors (Lipinski definition) is 2. The highest BCUT2D eigenvalue weighted by atomic mass is 19.1. The Labute approximate surface area is 217 Å². The molecule has 0 aliphatic rings. The zero-order valence-electron chi connectivity index (χ0n) is 23.7. The molecule has 0 bridgehead atoms. The molecule has 0 aliphatic carbocycles. The summed E-state index contributed by atoms with van der Waals surface area (Å²) in [5.74, 6) is 0. The summed E-state index contributed by atoms with van der Waals surface area (Å²) in [5.41, 5.74) is 1.46. The van der Waals surface area contributed by atoms with Crippen molar-refractivity contribution in [2.24, 2.45) is 5.41 Å². The molecule has 1 aromatic carbocycles. The Morgan fingerprint density at radius 2 is 1.20 bits per heavy atom. The summed E-state index contributed by atoms with van der Waals surface area (Å²) in [7, 11) is 0. The monoisotopic (exact) mass is 492 g/mol. The Hall–Kier alpha value is -0.930. The first kappa shape index (κ1) is 32.1. The molecule has 0 aliphatic heterocycles. The third kappa shape index (κ3) is 22.0. The lowest BCUT2D eigenvalue weighted by Crippen LogP contribution is -2.26. The lowest BCUT2D eigenvalue weighted by atomic mass is 9.89. The van der Waals surface area contributed by atoms with Gasteiger partial charge in [0.05, 0.1) is 25.5 Å². The number of alkyl halides is 1. The van der Waals surface area contributed by atoms with Gasteiger partial charge >= 0.3 is 0 Å². The van der Waals surface area contributed by atoms with E-state index in [0.717, 1.165) is 32.3 Å². The minimum atomic E-state index is -0.620. The summed E-state index contributed by atoms with van der Waals surface area (Å²) >= 11 is 0. The summed E-state index contributed by atoms with van der Waals surface area (Å²) in [5, 5.41) is 0. The fraction of sp³-hybridized carbons (Fsp3) is 0.812. The van der Waals surface area contributed by atoms with Gasteiger partial charge in [0.1, 0.15) is 0 Å². The Balaban J connectivity index is 1.92. The smallest absolute Gasteiger partial charge is 0.0973 e. The summed E-state index contributed by atoms with van der Waals surface area (Å²) < 4.78 is 24.9. The van der Waals surface area contributed by atoms with Crippen LogP contribution in [0.3, 0.4) is 0 Å². The van der Waals surface area contributed by atoms with Crippen molar-refractivity contribution < 1.29 is 13.9 Å². The Bertz CT molecular complexity index is 567. The maximum Gasteiger partial charge on any atom is 0.0973 e. The number of unbranched alkanes of at least 4 members (excludes halogenated alkanes) is 13. The molecule has 0 radical (unpaired) electrons. The van der Waals surface area contributed by atoms with E-state index in [2.05, 4.69) is 45.0 Å². The van der Waals surface area contributed by atoms with Crippen molar-refractivity contribution in [3.05, 3.63) is 35.9 Å². The van der Waals surface area contributed by atoms with Gasteiger partial charge in [-0.2, -0.15) is 0 Å². The van der Waals surface area contributed by atoms with Crippen LogP contribution in [0.25, 0.3) is 0 Å². The maximum absolute atomic E-state index is 12.7. The van der Waals surface area contributed by atoms with Crippen LogP contribution in [0.2, 0.25) is 0 Å². The van der Waals surface area contributed by atoms with Crippen molar-refractivity contribution in [2.75, 3.05) is 13.2 Å². The van der Waals surface area contributed by atoms with Gasteiger partial charge in [0.25, 0.3) is 0 Å². The van der Waals surface area contributed by atoms with Crippen molar-refractivity contribution in [3.63, 3.8) is 0 Å². The highest BCUT2D eigenvalue weighted by Crippen LogP contribution is 2.23. The molecule has 0 saturated heterocycles. The first-order valence-electron chi connectivity index (χ1n) is 14.7. The van der Waals surface area contributed by atoms with Gasteiger partial charge in [0.15, 0.2) is 0 Å². The molecule has 2 atom stereocenters. The van der Waals surface area contributed by atoms with Crippen LogP contribution in [-0.4, -0.2) is 25.5 Å². The number of ether oxygens (including phenoxy) is 2. The Kier molecular flexibility index (Phi) is 19.4. The fourth-order valence-corrected chi connectivity index (χ4v) is 4.60. The molecule has 3 heteroatoms. The van der Waals surface area contributed by atoms with Gasteiger partial charge in [0, 0.05) is 6.61 Å². The second-order valence-electron chi connectivity index (χ2n) is 11.8. The van der Waals surface area contributed by atoms with Crippen LogP contribution in [0.15, 0.2) is 30.3 Å². The zero-order chi connectivity index (χ0) is 25.6. The van der Waals surface area contributed by atoms with Crippen LogP contribution >= 0.6 is 0 Å². The Morgan fingerprint density at radius 1 is 0.714 bits per heavy atom. The largest absolute Gasteiger partial charge is 0.379 e. The molecule has 0 heterocycles. The van der Waals surface area contributed by atoms with E-state index in [1.807, 2.05) is 6.07 Å². The van der Waals surface area contributed by atoms with Gasteiger partial charge in [0.2, 0.25) is 0 Å². The third-order valence-electron chi connectivity index (χ3n) is 6.61. The predicted octanol–water partition coefficient (Wildman–Crippen LogP) is 10.2. The molecule has 0 saturated carbocycles. The molecule has 204 valence electrons. The molecular formula is C32H57FO2. The fourth-order valence-electron chi connectivity index (χ4n) is 4.60. The topological polar surface area (TPSA) is 18.5 Å². The van der Waals surface area contributed by atoms with Crippen LogP contribution < -0.4 is 0 Å². The van der Waals surface area contributed by atoms with Crippen LogP contribution in [-0.2, 0) is 16.1 Å². The number of hydrogen-bond donors (Lipinski definition) is 0. The maximum atomic E-state index is 12.7. The van der Waals surface area contributed by atoms with Crippen LogP contribution in [0.1, 0.15) is 136 Å². The van der Waals surface area contributed by atoms with Crippen molar-refractivity contribution in [1.29, 1.82) is 0 Å². The van der Waals surface area contributed by atoms with E-state index >= 15 is 0 Å². The van der Waals surface area contributed by atoms with E-state index in [0.29, 0.717) is 13.2 Å². The van der Waals surface area contributed by atoms with E-state index in [1.54, 1.807) is 6.92 Å². The average molecular weight is 493 g/mol. The summed E-state index contributed by atoms with van der Waals surface area (Å²) in [4.78, 5) is 0. The summed E-state index contributed by atoms with van der Waals surface area (Å²) in [6.45, 7) is 10.7. The molecule has 1 rings (SSSR count). The molecule has 0 fully saturated rings. The molecule has 0 spiro atoms. The van der Waals surface area contributed by atoms with E-state index in [4.69, 9.17) is 9.47 Å². The number of benzene rings is 1. The van der Waals surface area contributed by atoms with Crippen molar-refractivity contribution >= 4 is 0 Å². The zero-order valence-corrected chi connectivity index (χ0v) is 23.7. The van der Waals surface area contributed by atoms with Crippen LogP contribution in [0.4, 0.5) is 4.39 Å². The SMILES string of the molecule is CC(F)CCCCCCCCCCCCCCCCOCC(CC(C)(C)C)OCc1ccccc1. The van der Waals surface area contributed by atoms with Gasteiger partial charge < -0.3 is 9.47 Å². The van der Waals surface area contributed by atoms with Crippen LogP contribution in [0.5, 0.6) is 0 Å². The molecule has 0 aromatic heterocycles. The molecule has 2 nitrogen and oxygen atoms in total. The van der Waals surface area contributed by atoms with Crippen molar-refractivity contribution in [1.82, 2.24) is 0 Å². The number of halogens is 1. The predicted molar refractivity (Wildman–Crippen MR) is 150 cm³/mol. The Morgan fingerprint density at radius 3 is 1.69 bits per heavy atom. The van der Waals surface area contributed by atoms with E-state index in [-0.39, 0.29) is 11.5 Å². The minimum Gasteiger partial charge on any atom is -0.379 e. The summed E-state index contributed by atoms with van der Waals surface area (Å²) in [6.07, 6.45) is 19.6. The van der Waals surface area contributed by atoms with Crippen molar-refractivity contribution in [3.8, 4) is 0 Å². The lowest BCUT2D eigenvalue weighted by Gasteiger charge is -2.26. The second-order valence-corrected chi connectivity index (χ2v) is 11.8. The molecule has 2 unspecified atom stereocenters.